The van der Waals surface area contributed by atoms with Crippen LogP contribution in [0.2, 0.25) is 0 Å². The van der Waals surface area contributed by atoms with Crippen LogP contribution in [0.4, 0.5) is 0 Å². The number of phenols is 1. The molecule has 0 atom stereocenters. The lowest BCUT2D eigenvalue weighted by Gasteiger charge is -2.41. The summed E-state index contributed by atoms with van der Waals surface area (Å²) in [6.45, 7) is 2.22. The molecule has 6 rings (SSSR count). The topological polar surface area (TPSA) is 75.3 Å². The fourth-order valence-electron chi connectivity index (χ4n) is 5.38. The van der Waals surface area contributed by atoms with E-state index >= 15 is 0 Å². The van der Waals surface area contributed by atoms with E-state index in [1.165, 1.54) is 30.5 Å². The average molecular weight is 412 g/mol. The van der Waals surface area contributed by atoms with Crippen LogP contribution < -0.4 is 5.32 Å². The van der Waals surface area contributed by atoms with E-state index in [4.69, 9.17) is 10.1 Å². The highest BCUT2D eigenvalue weighted by molar-refractivity contribution is 5.90. The molecular weight excluding hydrogens is 386 g/mol. The summed E-state index contributed by atoms with van der Waals surface area (Å²) < 4.78 is 2.05. The van der Waals surface area contributed by atoms with E-state index in [0.717, 1.165) is 54.0 Å². The highest BCUT2D eigenvalue weighted by Crippen LogP contribution is 2.43. The van der Waals surface area contributed by atoms with E-state index in [0.29, 0.717) is 5.41 Å². The van der Waals surface area contributed by atoms with Gasteiger partial charge in [0.15, 0.2) is 5.65 Å². The summed E-state index contributed by atoms with van der Waals surface area (Å²) in [4.78, 5) is 9.08. The van der Waals surface area contributed by atoms with Crippen molar-refractivity contribution in [1.29, 1.82) is 0 Å². The largest absolute Gasteiger partial charge is 0.508 e. The second-order valence-electron chi connectivity index (χ2n) is 8.90. The Morgan fingerprint density at radius 2 is 1.84 bits per heavy atom. The molecule has 6 heteroatoms. The number of rotatable bonds is 2. The lowest BCUT2D eigenvalue weighted by molar-refractivity contribution is 0.171. The summed E-state index contributed by atoms with van der Waals surface area (Å²) in [5.74, 6) is 0.239. The standard InChI is InChI=1S/C25H25N5O/c31-20-3-1-2-18(14-20)22-23(17-5-10-26-11-6-17)29-30-21-4-7-25(8-12-27-13-9-25)15-19(21)16-28-24(22)30/h1-3,5-6,10-11,14,16,27,31H,4,7-9,12-13,15H2. The molecule has 4 heterocycles. The van der Waals surface area contributed by atoms with Crippen molar-refractivity contribution >= 4 is 5.65 Å². The Morgan fingerprint density at radius 1 is 1.00 bits per heavy atom. The fourth-order valence-corrected chi connectivity index (χ4v) is 5.38. The molecule has 1 aromatic carbocycles. The number of fused-ring (bicyclic) bond motifs is 3. The second-order valence-corrected chi connectivity index (χ2v) is 8.90. The van der Waals surface area contributed by atoms with Gasteiger partial charge in [-0.25, -0.2) is 9.50 Å². The molecule has 0 radical (unpaired) electrons. The zero-order valence-electron chi connectivity index (χ0n) is 17.4. The normalized spacial score (nSPS) is 17.7. The number of hydrogen-bond donors (Lipinski definition) is 2. The summed E-state index contributed by atoms with van der Waals surface area (Å²) in [7, 11) is 0. The van der Waals surface area contributed by atoms with E-state index in [2.05, 4.69) is 21.0 Å². The molecule has 0 bridgehead atoms. The molecule has 1 saturated heterocycles. The predicted molar refractivity (Wildman–Crippen MR) is 120 cm³/mol. The minimum atomic E-state index is 0.239. The molecule has 0 saturated carbocycles. The smallest absolute Gasteiger partial charge is 0.163 e. The van der Waals surface area contributed by atoms with Gasteiger partial charge in [0.05, 0.1) is 5.56 Å². The molecular formula is C25H25N5O. The minimum Gasteiger partial charge on any atom is -0.508 e. The summed E-state index contributed by atoms with van der Waals surface area (Å²) in [5, 5.41) is 18.7. The predicted octanol–water partition coefficient (Wildman–Crippen LogP) is 4.02. The van der Waals surface area contributed by atoms with Crippen molar-refractivity contribution < 1.29 is 5.11 Å². The molecule has 2 N–H and O–H groups in total. The maximum Gasteiger partial charge on any atom is 0.163 e. The number of aromatic hydroxyl groups is 1. The van der Waals surface area contributed by atoms with Crippen LogP contribution in [0, 0.1) is 5.41 Å². The van der Waals surface area contributed by atoms with Crippen molar-refractivity contribution in [3.8, 4) is 28.1 Å². The Morgan fingerprint density at radius 3 is 2.65 bits per heavy atom. The molecule has 1 aliphatic heterocycles. The quantitative estimate of drug-likeness (QED) is 0.521. The molecule has 1 fully saturated rings. The van der Waals surface area contributed by atoms with E-state index in [1.54, 1.807) is 24.5 Å². The molecule has 156 valence electrons. The van der Waals surface area contributed by atoms with Crippen molar-refractivity contribution in [2.45, 2.75) is 32.1 Å². The summed E-state index contributed by atoms with van der Waals surface area (Å²) in [5.41, 5.74) is 7.59. The highest BCUT2D eigenvalue weighted by atomic mass is 16.3. The van der Waals surface area contributed by atoms with Gasteiger partial charge < -0.3 is 10.4 Å². The monoisotopic (exact) mass is 411 g/mol. The van der Waals surface area contributed by atoms with Crippen LogP contribution in [0.5, 0.6) is 5.75 Å². The van der Waals surface area contributed by atoms with Crippen LogP contribution in [-0.2, 0) is 12.8 Å². The summed E-state index contributed by atoms with van der Waals surface area (Å²) >= 11 is 0. The number of aryl methyl sites for hydroxylation is 1. The Labute approximate surface area is 181 Å². The van der Waals surface area contributed by atoms with Crippen molar-refractivity contribution in [2.24, 2.45) is 5.41 Å². The maximum absolute atomic E-state index is 10.1. The number of aromatic nitrogens is 4. The first kappa shape index (κ1) is 18.5. The van der Waals surface area contributed by atoms with Gasteiger partial charge in [0, 0.05) is 29.8 Å². The average Bonchev–Trinajstić information content (AvgIpc) is 3.20. The first-order chi connectivity index (χ1) is 15.2. The van der Waals surface area contributed by atoms with E-state index < -0.39 is 0 Å². The summed E-state index contributed by atoms with van der Waals surface area (Å²) in [6.07, 6.45) is 11.4. The van der Waals surface area contributed by atoms with Gasteiger partial charge in [-0.05, 0) is 86.0 Å². The van der Waals surface area contributed by atoms with Crippen molar-refractivity contribution in [2.75, 3.05) is 13.1 Å². The lowest BCUT2D eigenvalue weighted by atomic mass is 9.68. The van der Waals surface area contributed by atoms with Crippen LogP contribution in [0.15, 0.2) is 55.0 Å². The molecule has 2 aliphatic rings. The number of pyridine rings is 1. The number of hydrogen-bond acceptors (Lipinski definition) is 5. The third kappa shape index (κ3) is 3.10. The lowest BCUT2D eigenvalue weighted by Crippen LogP contribution is -2.40. The number of nitrogens with zero attached hydrogens (tertiary/aromatic N) is 4. The highest BCUT2D eigenvalue weighted by Gasteiger charge is 2.37. The van der Waals surface area contributed by atoms with Crippen LogP contribution in [0.3, 0.4) is 0 Å². The molecule has 1 spiro atoms. The molecule has 4 aromatic rings. The van der Waals surface area contributed by atoms with Crippen LogP contribution >= 0.6 is 0 Å². The second kappa shape index (κ2) is 7.17. The van der Waals surface area contributed by atoms with Gasteiger partial charge >= 0.3 is 0 Å². The van der Waals surface area contributed by atoms with Gasteiger partial charge in [-0.15, -0.1) is 0 Å². The Hall–Kier alpha value is -3.25. The first-order valence-corrected chi connectivity index (χ1v) is 11.0. The van der Waals surface area contributed by atoms with Gasteiger partial charge in [0.1, 0.15) is 11.4 Å². The first-order valence-electron chi connectivity index (χ1n) is 11.0. The molecule has 6 nitrogen and oxygen atoms in total. The fraction of sp³-hybridized carbons (Fsp3) is 0.320. The van der Waals surface area contributed by atoms with Gasteiger partial charge in [0.25, 0.3) is 0 Å². The third-order valence-corrected chi connectivity index (χ3v) is 7.04. The van der Waals surface area contributed by atoms with Crippen molar-refractivity contribution in [3.63, 3.8) is 0 Å². The van der Waals surface area contributed by atoms with Crippen LogP contribution in [0.1, 0.15) is 30.5 Å². The van der Waals surface area contributed by atoms with Crippen LogP contribution in [-0.4, -0.2) is 37.8 Å². The number of benzene rings is 1. The number of piperidine rings is 1. The van der Waals surface area contributed by atoms with Crippen LogP contribution in [0.25, 0.3) is 28.0 Å². The number of phenolic OH excluding ortho intramolecular Hbond substituents is 1. The zero-order chi connectivity index (χ0) is 20.8. The van der Waals surface area contributed by atoms with E-state index in [9.17, 15) is 5.11 Å². The molecule has 1 aliphatic carbocycles. The van der Waals surface area contributed by atoms with Crippen molar-refractivity contribution in [1.82, 2.24) is 24.9 Å². The van der Waals surface area contributed by atoms with Gasteiger partial charge in [0.2, 0.25) is 0 Å². The van der Waals surface area contributed by atoms with Gasteiger partial charge in [-0.2, -0.15) is 5.10 Å². The van der Waals surface area contributed by atoms with E-state index in [-0.39, 0.29) is 5.75 Å². The SMILES string of the molecule is Oc1cccc(-c2c(-c3ccncc3)nn3c4c(cnc23)CC2(CCNCC2)CC4)c1. The molecule has 31 heavy (non-hydrogen) atoms. The maximum atomic E-state index is 10.1. The Balaban J connectivity index is 1.55. The minimum absolute atomic E-state index is 0.239. The molecule has 0 amide bonds. The van der Waals surface area contributed by atoms with E-state index in [1.807, 2.05) is 24.3 Å². The number of nitrogens with one attached hydrogen (secondary N) is 1. The van der Waals surface area contributed by atoms with Gasteiger partial charge in [-0.3, -0.25) is 4.98 Å². The third-order valence-electron chi connectivity index (χ3n) is 7.04. The summed E-state index contributed by atoms with van der Waals surface area (Å²) in [6, 6.07) is 11.3. The zero-order valence-corrected chi connectivity index (χ0v) is 17.4. The molecule has 0 unspecified atom stereocenters. The molecule has 3 aromatic heterocycles. The van der Waals surface area contributed by atoms with Crippen molar-refractivity contribution in [3.05, 3.63) is 66.2 Å². The van der Waals surface area contributed by atoms with Gasteiger partial charge in [-0.1, -0.05) is 12.1 Å². The Bertz CT molecular complexity index is 1260. The Kier molecular flexibility index (Phi) is 4.28.